The number of phenolic OH excluding ortho intramolecular Hbond substituents is 1. The number of para-hydroxylation sites is 1. The van der Waals surface area contributed by atoms with Gasteiger partial charge in [-0.25, -0.2) is 0 Å². The number of aromatic amines is 1. The fourth-order valence-electron chi connectivity index (χ4n) is 4.23. The smallest absolute Gasteiger partial charge is 0.273 e. The van der Waals surface area contributed by atoms with Crippen LogP contribution in [0, 0.1) is 0 Å². The number of phenols is 1. The van der Waals surface area contributed by atoms with E-state index in [4.69, 9.17) is 23.2 Å². The highest BCUT2D eigenvalue weighted by atomic mass is 35.5. The Kier molecular flexibility index (Phi) is 5.37. The molecule has 0 bridgehead atoms. The molecule has 0 unspecified atom stereocenters. The van der Waals surface area contributed by atoms with Crippen molar-refractivity contribution in [3.63, 3.8) is 0 Å². The van der Waals surface area contributed by atoms with E-state index < -0.39 is 6.04 Å². The molecule has 1 atom stereocenters. The number of rotatable bonds is 5. The highest BCUT2D eigenvalue weighted by Crippen LogP contribution is 2.45. The molecule has 7 heteroatoms. The number of fused-ring (bicyclic) bond motifs is 1. The molecule has 1 aliphatic heterocycles. The molecule has 2 N–H and O–H groups in total. The summed E-state index contributed by atoms with van der Waals surface area (Å²) < 4.78 is 0. The molecule has 32 heavy (non-hydrogen) atoms. The average Bonchev–Trinajstić information content (AvgIpc) is 3.34. The summed E-state index contributed by atoms with van der Waals surface area (Å²) >= 11 is 12.5. The number of hydrogen-bond donors (Lipinski definition) is 2. The molecule has 1 aromatic heterocycles. The summed E-state index contributed by atoms with van der Waals surface area (Å²) in [5, 5.41) is 18.6. The van der Waals surface area contributed by atoms with E-state index in [9.17, 15) is 9.90 Å². The third-order valence-corrected chi connectivity index (χ3v) is 6.51. The van der Waals surface area contributed by atoms with Crippen molar-refractivity contribution in [2.24, 2.45) is 0 Å². The van der Waals surface area contributed by atoms with Crippen LogP contribution in [0.4, 0.5) is 0 Å². The Balaban J connectivity index is 1.62. The van der Waals surface area contributed by atoms with Gasteiger partial charge < -0.3 is 10.0 Å². The summed E-state index contributed by atoms with van der Waals surface area (Å²) in [5.41, 5.74) is 4.23. The van der Waals surface area contributed by atoms with E-state index in [-0.39, 0.29) is 11.7 Å². The minimum atomic E-state index is -0.413. The highest BCUT2D eigenvalue weighted by molar-refractivity contribution is 6.42. The first-order valence-corrected chi connectivity index (χ1v) is 11.0. The summed E-state index contributed by atoms with van der Waals surface area (Å²) in [7, 11) is 0. The van der Waals surface area contributed by atoms with Crippen LogP contribution in [0.5, 0.6) is 5.75 Å². The van der Waals surface area contributed by atoms with Crippen LogP contribution in [0.25, 0.3) is 11.3 Å². The van der Waals surface area contributed by atoms with Crippen LogP contribution in [-0.4, -0.2) is 32.7 Å². The van der Waals surface area contributed by atoms with Crippen LogP contribution in [0.2, 0.25) is 10.0 Å². The Morgan fingerprint density at radius 3 is 2.47 bits per heavy atom. The number of carbonyl (C=O) groups excluding carboxylic acids is 1. The van der Waals surface area contributed by atoms with Crippen molar-refractivity contribution in [2.45, 2.75) is 12.5 Å². The lowest BCUT2D eigenvalue weighted by Crippen LogP contribution is -2.31. The largest absolute Gasteiger partial charge is 0.507 e. The summed E-state index contributed by atoms with van der Waals surface area (Å²) in [6, 6.07) is 22.0. The molecule has 1 aliphatic rings. The van der Waals surface area contributed by atoms with Gasteiger partial charge in [-0.1, -0.05) is 71.7 Å². The fraction of sp³-hybridized carbons (Fsp3) is 0.120. The minimum Gasteiger partial charge on any atom is -0.507 e. The number of hydrogen-bond acceptors (Lipinski definition) is 3. The molecule has 0 saturated carbocycles. The van der Waals surface area contributed by atoms with Gasteiger partial charge in [0.2, 0.25) is 0 Å². The van der Waals surface area contributed by atoms with Crippen LogP contribution >= 0.6 is 23.2 Å². The molecule has 5 rings (SSSR count). The Morgan fingerprint density at radius 2 is 1.72 bits per heavy atom. The Bertz CT molecular complexity index is 1300. The molecule has 5 nitrogen and oxygen atoms in total. The molecule has 0 saturated heterocycles. The van der Waals surface area contributed by atoms with Gasteiger partial charge in [0.1, 0.15) is 17.1 Å². The number of nitrogens with one attached hydrogen (secondary N) is 1. The Hall–Kier alpha value is -3.28. The van der Waals surface area contributed by atoms with Gasteiger partial charge in [0.15, 0.2) is 0 Å². The highest BCUT2D eigenvalue weighted by Gasteiger charge is 2.42. The van der Waals surface area contributed by atoms with Crippen LogP contribution in [0.1, 0.15) is 33.2 Å². The number of aromatic hydroxyl groups is 1. The van der Waals surface area contributed by atoms with Crippen molar-refractivity contribution in [1.29, 1.82) is 0 Å². The molecule has 1 amide bonds. The van der Waals surface area contributed by atoms with Crippen molar-refractivity contribution in [3.05, 3.63) is 105 Å². The van der Waals surface area contributed by atoms with E-state index in [1.807, 2.05) is 47.4 Å². The number of benzene rings is 3. The number of nitrogens with zero attached hydrogens (tertiary/aromatic N) is 2. The zero-order chi connectivity index (χ0) is 22.2. The monoisotopic (exact) mass is 463 g/mol. The predicted octanol–water partition coefficient (Wildman–Crippen LogP) is 5.88. The number of carbonyl (C=O) groups is 1. The third-order valence-electron chi connectivity index (χ3n) is 5.77. The molecule has 3 aromatic carbocycles. The van der Waals surface area contributed by atoms with Crippen molar-refractivity contribution < 1.29 is 9.90 Å². The van der Waals surface area contributed by atoms with Gasteiger partial charge in [0, 0.05) is 17.7 Å². The molecule has 4 aromatic rings. The standard InChI is InChI=1S/C25H19Cl2N3O2/c26-18-11-10-16(14-19(18)27)24-21-22(17-8-4-5-9-20(17)31)28-29-23(21)25(32)30(24)13-12-15-6-2-1-3-7-15/h1-11,14,24,31H,12-13H2,(H,28,29)/t24-/m0/s1. The van der Waals surface area contributed by atoms with E-state index in [0.717, 1.165) is 16.7 Å². The maximum atomic E-state index is 13.4. The summed E-state index contributed by atoms with van der Waals surface area (Å²) in [4.78, 5) is 15.2. The van der Waals surface area contributed by atoms with Crippen LogP contribution in [-0.2, 0) is 6.42 Å². The predicted molar refractivity (Wildman–Crippen MR) is 125 cm³/mol. The molecular formula is C25H19Cl2N3O2. The Morgan fingerprint density at radius 1 is 0.969 bits per heavy atom. The maximum Gasteiger partial charge on any atom is 0.273 e. The second kappa shape index (κ2) is 8.34. The topological polar surface area (TPSA) is 69.2 Å². The summed E-state index contributed by atoms with van der Waals surface area (Å²) in [6.45, 7) is 0.510. The average molecular weight is 464 g/mol. The van der Waals surface area contributed by atoms with E-state index in [2.05, 4.69) is 10.2 Å². The van der Waals surface area contributed by atoms with Crippen molar-refractivity contribution in [1.82, 2.24) is 15.1 Å². The zero-order valence-corrected chi connectivity index (χ0v) is 18.4. The SMILES string of the molecule is O=C1c2[nH]nc(-c3ccccc3O)c2[C@H](c2ccc(Cl)c(Cl)c2)N1CCc1ccccc1. The number of H-pyrrole nitrogens is 1. The summed E-state index contributed by atoms with van der Waals surface area (Å²) in [5.74, 6) is -0.0361. The van der Waals surface area contributed by atoms with Gasteiger partial charge in [-0.05, 0) is 41.8 Å². The van der Waals surface area contributed by atoms with E-state index in [1.54, 1.807) is 30.3 Å². The van der Waals surface area contributed by atoms with Gasteiger partial charge in [-0.2, -0.15) is 5.10 Å². The number of halogens is 2. The minimum absolute atomic E-state index is 0.102. The lowest BCUT2D eigenvalue weighted by molar-refractivity contribution is 0.0746. The first kappa shape index (κ1) is 20.6. The summed E-state index contributed by atoms with van der Waals surface area (Å²) in [6.07, 6.45) is 0.702. The van der Waals surface area contributed by atoms with Gasteiger partial charge in [-0.3, -0.25) is 9.89 Å². The zero-order valence-electron chi connectivity index (χ0n) is 16.9. The van der Waals surface area contributed by atoms with Crippen molar-refractivity contribution in [3.8, 4) is 17.0 Å². The molecule has 0 radical (unpaired) electrons. The van der Waals surface area contributed by atoms with E-state index in [1.165, 1.54) is 0 Å². The fourth-order valence-corrected chi connectivity index (χ4v) is 4.54. The van der Waals surface area contributed by atoms with Crippen molar-refractivity contribution >= 4 is 29.1 Å². The molecule has 0 spiro atoms. The normalized spacial score (nSPS) is 15.2. The van der Waals surface area contributed by atoms with E-state index >= 15 is 0 Å². The van der Waals surface area contributed by atoms with Gasteiger partial charge in [0.25, 0.3) is 5.91 Å². The number of aromatic nitrogens is 2. The molecule has 2 heterocycles. The van der Waals surface area contributed by atoms with Crippen LogP contribution in [0.15, 0.2) is 72.8 Å². The van der Waals surface area contributed by atoms with Crippen molar-refractivity contribution in [2.75, 3.05) is 6.54 Å². The first-order valence-electron chi connectivity index (χ1n) is 10.2. The molecule has 160 valence electrons. The quantitative estimate of drug-likeness (QED) is 0.388. The van der Waals surface area contributed by atoms with Gasteiger partial charge in [0.05, 0.1) is 16.1 Å². The number of amides is 1. The Labute approximate surface area is 195 Å². The first-order chi connectivity index (χ1) is 15.5. The maximum absolute atomic E-state index is 13.4. The van der Waals surface area contributed by atoms with Gasteiger partial charge >= 0.3 is 0 Å². The third kappa shape index (κ3) is 3.53. The molecular weight excluding hydrogens is 445 g/mol. The lowest BCUT2D eigenvalue weighted by Gasteiger charge is -2.27. The van der Waals surface area contributed by atoms with Crippen LogP contribution in [0.3, 0.4) is 0 Å². The van der Waals surface area contributed by atoms with Gasteiger partial charge in [-0.15, -0.1) is 0 Å². The second-order valence-corrected chi connectivity index (χ2v) is 8.50. The molecule has 0 fully saturated rings. The second-order valence-electron chi connectivity index (χ2n) is 7.69. The van der Waals surface area contributed by atoms with Crippen LogP contribution < -0.4 is 0 Å². The lowest BCUT2D eigenvalue weighted by atomic mass is 9.95. The molecule has 0 aliphatic carbocycles. The van der Waals surface area contributed by atoms with E-state index in [0.29, 0.717) is 40.0 Å².